The quantitative estimate of drug-likeness (QED) is 0.0508. The molecule has 0 saturated carbocycles. The van der Waals surface area contributed by atoms with Crippen molar-refractivity contribution >= 4 is 11.4 Å². The van der Waals surface area contributed by atoms with Crippen molar-refractivity contribution in [3.05, 3.63) is 159 Å². The Morgan fingerprint density at radius 1 is 0.460 bits per heavy atom. The first kappa shape index (κ1) is 42.6. The van der Waals surface area contributed by atoms with Gasteiger partial charge in [-0.15, -0.1) is 0 Å². The van der Waals surface area contributed by atoms with Crippen molar-refractivity contribution in [1.29, 1.82) is 0 Å². The maximum Gasteiger partial charge on any atom is 2.00 e. The van der Waals surface area contributed by atoms with Gasteiger partial charge in [-0.3, -0.25) is 0 Å². The van der Waals surface area contributed by atoms with Crippen LogP contribution in [-0.4, -0.2) is 4.70 Å². The van der Waals surface area contributed by atoms with Crippen LogP contribution in [-0.2, 0) is 29.3 Å². The van der Waals surface area contributed by atoms with E-state index in [4.69, 9.17) is 0 Å². The summed E-state index contributed by atoms with van der Waals surface area (Å²) in [7, 11) is 0. The Labute approximate surface area is 315 Å². The van der Waals surface area contributed by atoms with Gasteiger partial charge in [0.25, 0.3) is 0 Å². The van der Waals surface area contributed by atoms with Gasteiger partial charge >= 0.3 is 16.5 Å². The van der Waals surface area contributed by atoms with E-state index in [-0.39, 0.29) is 16.5 Å². The number of nitrogens with zero attached hydrogens (tertiary/aromatic N) is 2. The molecule has 0 N–H and O–H groups in total. The molecule has 0 atom stereocenters. The number of aryl methyl sites for hydroxylation is 4. The third kappa shape index (κ3) is 14.0. The topological polar surface area (TPSA) is 25.3 Å². The molecule has 268 valence electrons. The Kier molecular flexibility index (Phi) is 20.9. The molecule has 0 aliphatic carbocycles. The van der Waals surface area contributed by atoms with E-state index >= 15 is 0 Å². The summed E-state index contributed by atoms with van der Waals surface area (Å²) in [5.41, 5.74) is 24.0. The fourth-order valence-corrected chi connectivity index (χ4v) is 6.05. The first-order valence-electron chi connectivity index (χ1n) is 18.9. The van der Waals surface area contributed by atoms with Crippen molar-refractivity contribution in [2.75, 3.05) is 0 Å². The third-order valence-corrected chi connectivity index (χ3v) is 9.03. The van der Waals surface area contributed by atoms with E-state index in [1.165, 1.54) is 76.6 Å². The maximum atomic E-state index is 11.7. The van der Waals surface area contributed by atoms with E-state index in [0.717, 1.165) is 67.5 Å². The fraction of sp³-hybridized carbons (Fsp3) is 0.404. The summed E-state index contributed by atoms with van der Waals surface area (Å²) in [6, 6.07) is 39.5. The minimum Gasteiger partial charge on any atom is -0.493 e. The summed E-state index contributed by atoms with van der Waals surface area (Å²) in [4.78, 5) is 0. The average molecular weight is 712 g/mol. The number of allylic oxidation sites excluding steroid dienone is 2. The van der Waals surface area contributed by atoms with Crippen LogP contribution in [0.3, 0.4) is 0 Å². The number of hydrogen-bond acceptors (Lipinski definition) is 0. The molecule has 0 aromatic heterocycles. The normalized spacial score (nSPS) is 12.2. The smallest absolute Gasteiger partial charge is 0.493 e. The molecule has 4 aromatic carbocycles. The molecule has 0 bridgehead atoms. The zero-order chi connectivity index (χ0) is 35.3. The van der Waals surface area contributed by atoms with E-state index < -0.39 is 0 Å². The molecule has 0 spiro atoms. The number of unbranched alkanes of at least 4 members (excludes halogenated alkanes) is 5. The Morgan fingerprint density at radius 3 is 1.12 bits per heavy atom. The molecule has 1 aliphatic heterocycles. The van der Waals surface area contributed by atoms with Crippen LogP contribution in [0.5, 0.6) is 0 Å². The van der Waals surface area contributed by atoms with Crippen molar-refractivity contribution < 1.29 is 21.2 Å². The molecule has 5 rings (SSSR count). The fourth-order valence-electron chi connectivity index (χ4n) is 6.05. The van der Waals surface area contributed by atoms with Gasteiger partial charge in [0.2, 0.25) is 11.4 Å². The van der Waals surface area contributed by atoms with Gasteiger partial charge in [-0.1, -0.05) is 97.9 Å². The van der Waals surface area contributed by atoms with Gasteiger partial charge in [0.1, 0.15) is 0 Å². The van der Waals surface area contributed by atoms with Gasteiger partial charge < -0.3 is 5.53 Å². The molecule has 1 aliphatic rings. The van der Waals surface area contributed by atoms with Gasteiger partial charge in [-0.2, -0.15) is 71.8 Å². The van der Waals surface area contributed by atoms with Gasteiger partial charge in [0.15, 0.2) is 0 Å². The van der Waals surface area contributed by atoms with Crippen LogP contribution >= 0.6 is 0 Å². The zero-order valence-corrected chi connectivity index (χ0v) is 32.6. The zero-order valence-electron chi connectivity index (χ0n) is 31.6. The van der Waals surface area contributed by atoms with Crippen LogP contribution in [0.25, 0.3) is 16.9 Å². The van der Waals surface area contributed by atoms with E-state index in [1.54, 1.807) is 0 Å². The van der Waals surface area contributed by atoms with Crippen LogP contribution in [0.1, 0.15) is 132 Å². The molecule has 50 heavy (non-hydrogen) atoms. The van der Waals surface area contributed by atoms with Gasteiger partial charge in [-0.25, -0.2) is 4.70 Å². The van der Waals surface area contributed by atoms with E-state index in [0.29, 0.717) is 0 Å². The predicted molar refractivity (Wildman–Crippen MR) is 211 cm³/mol. The Balaban J connectivity index is 0.000000475. The molecular weight excluding hydrogens is 651 g/mol. The average Bonchev–Trinajstić information content (AvgIpc) is 3.40. The monoisotopic (exact) mass is 710 g/mol. The van der Waals surface area contributed by atoms with E-state index in [1.807, 2.05) is 48.5 Å². The second-order valence-electron chi connectivity index (χ2n) is 13.3. The van der Waals surface area contributed by atoms with E-state index in [2.05, 4.69) is 102 Å². The first-order chi connectivity index (χ1) is 23.9. The van der Waals surface area contributed by atoms with E-state index in [9.17, 15) is 5.53 Å². The van der Waals surface area contributed by atoms with Crippen LogP contribution in [0, 0.1) is 26.0 Å². The standard InChI is InChI=1S/C33H46N2.2C7H7.Ni/c1-5-9-13-17-31-30(16-12-8-4)32(28-22-18-26(19-23-28)14-10-6-2)35(34)33(31)29-24-20-27(21-25-29)15-11-7-3;2*1-7-5-3-2-4-6-7;/h18-25H,5-17H2,1-4H3;2*3-6H,1H3;/q;2*-1;+2. The molecule has 0 unspecified atom stereocenters. The minimum atomic E-state index is 0. The summed E-state index contributed by atoms with van der Waals surface area (Å²) in [6.07, 6.45) is 15.0. The molecular formula is C47H60N2Ni. The van der Waals surface area contributed by atoms with Crippen molar-refractivity contribution in [3.8, 4) is 0 Å². The molecule has 2 nitrogen and oxygen atoms in total. The summed E-state index contributed by atoms with van der Waals surface area (Å²) in [5.74, 6) is 0. The van der Waals surface area contributed by atoms with Crippen molar-refractivity contribution in [3.63, 3.8) is 0 Å². The molecule has 0 radical (unpaired) electrons. The van der Waals surface area contributed by atoms with Gasteiger partial charge in [0, 0.05) is 22.3 Å². The molecule has 0 amide bonds. The molecule has 1 heterocycles. The largest absolute Gasteiger partial charge is 2.00 e. The molecule has 0 saturated heterocycles. The van der Waals surface area contributed by atoms with Crippen molar-refractivity contribution in [2.45, 2.75) is 125 Å². The van der Waals surface area contributed by atoms with Gasteiger partial charge in [-0.05, 0) is 86.8 Å². The van der Waals surface area contributed by atoms with Crippen LogP contribution in [0.4, 0.5) is 0 Å². The second-order valence-corrected chi connectivity index (χ2v) is 13.3. The number of hydrogen-bond donors (Lipinski definition) is 0. The minimum absolute atomic E-state index is 0. The first-order valence-corrected chi connectivity index (χ1v) is 18.9. The van der Waals surface area contributed by atoms with Crippen LogP contribution < -0.4 is 0 Å². The van der Waals surface area contributed by atoms with Crippen molar-refractivity contribution in [2.24, 2.45) is 0 Å². The van der Waals surface area contributed by atoms with Gasteiger partial charge in [0.05, 0.1) is 0 Å². The summed E-state index contributed by atoms with van der Waals surface area (Å²) < 4.78 is 1.52. The summed E-state index contributed by atoms with van der Waals surface area (Å²) >= 11 is 0. The van der Waals surface area contributed by atoms with Crippen LogP contribution in [0.15, 0.2) is 108 Å². The summed E-state index contributed by atoms with van der Waals surface area (Å²) in [6.45, 7) is 13.1. The SMILES string of the molecule is CCCCCC1=C(c2ccc(CCCC)cc2)[N+](=[N-])C(c2ccc(CCCC)cc2)=C1CCCC.Cc1cc[c-]cc1.Cc1cc[c-]cc1.[Ni+2]. The molecule has 3 heteroatoms. The summed E-state index contributed by atoms with van der Waals surface area (Å²) in [5, 5.41) is 0. The number of benzene rings is 4. The molecule has 4 aromatic rings. The number of rotatable bonds is 15. The third-order valence-electron chi connectivity index (χ3n) is 9.03. The van der Waals surface area contributed by atoms with Crippen LogP contribution in [0.2, 0.25) is 0 Å². The Morgan fingerprint density at radius 2 is 0.800 bits per heavy atom. The Bertz CT molecular complexity index is 1530. The maximum absolute atomic E-state index is 11.7. The molecule has 0 fully saturated rings. The Hall–Kier alpha value is -3.55. The van der Waals surface area contributed by atoms with Crippen molar-refractivity contribution in [1.82, 2.24) is 0 Å². The second kappa shape index (κ2) is 24.6. The predicted octanol–water partition coefficient (Wildman–Crippen LogP) is 13.9.